The first-order valence-electron chi connectivity index (χ1n) is 10.9. The average Bonchev–Trinajstić information content (AvgIpc) is 3.59. The van der Waals surface area contributed by atoms with Gasteiger partial charge in [-0.3, -0.25) is 18.8 Å². The summed E-state index contributed by atoms with van der Waals surface area (Å²) in [6.07, 6.45) is 1.85. The van der Waals surface area contributed by atoms with E-state index in [-0.39, 0.29) is 18.3 Å². The number of hydrogen-bond acceptors (Lipinski definition) is 6. The Morgan fingerprint density at radius 2 is 2.00 bits per heavy atom. The summed E-state index contributed by atoms with van der Waals surface area (Å²) in [5.74, 6) is 0.0279. The van der Waals surface area contributed by atoms with Crippen LogP contribution in [0.15, 0.2) is 61.3 Å². The van der Waals surface area contributed by atoms with E-state index in [1.807, 2.05) is 0 Å². The molecule has 1 atom stereocenters. The van der Waals surface area contributed by atoms with Gasteiger partial charge in [-0.05, 0) is 30.3 Å². The minimum atomic E-state index is -4.50. The third-order valence-electron chi connectivity index (χ3n) is 6.22. The number of aryl methyl sites for hydroxylation is 1. The molecule has 0 spiro atoms. The van der Waals surface area contributed by atoms with Crippen molar-refractivity contribution >= 4 is 34.0 Å². The lowest BCUT2D eigenvalue weighted by Gasteiger charge is -2.27. The van der Waals surface area contributed by atoms with Gasteiger partial charge in [0.1, 0.15) is 23.7 Å². The Labute approximate surface area is 201 Å². The van der Waals surface area contributed by atoms with E-state index in [0.29, 0.717) is 39.2 Å². The van der Waals surface area contributed by atoms with Crippen molar-refractivity contribution in [3.05, 3.63) is 78.0 Å². The highest BCUT2D eigenvalue weighted by Gasteiger charge is 2.38. The summed E-state index contributed by atoms with van der Waals surface area (Å²) < 4.78 is 48.6. The van der Waals surface area contributed by atoms with E-state index in [4.69, 9.17) is 10.5 Å². The number of amides is 1. The summed E-state index contributed by atoms with van der Waals surface area (Å²) in [5, 5.41) is 4.18. The van der Waals surface area contributed by atoms with Crippen molar-refractivity contribution in [1.82, 2.24) is 24.1 Å². The number of nitrogen functional groups attached to an aromatic ring is 1. The van der Waals surface area contributed by atoms with E-state index < -0.39 is 17.8 Å². The molecule has 36 heavy (non-hydrogen) atoms. The van der Waals surface area contributed by atoms with Crippen molar-refractivity contribution in [2.75, 3.05) is 17.2 Å². The highest BCUT2D eigenvalue weighted by Crippen LogP contribution is 2.42. The molecule has 0 saturated heterocycles. The summed E-state index contributed by atoms with van der Waals surface area (Å²) in [7, 11) is 1.71. The molecule has 4 heterocycles. The Balaban J connectivity index is 1.46. The van der Waals surface area contributed by atoms with Gasteiger partial charge in [0.15, 0.2) is 0 Å². The standard InChI is InChI=1S/C24H18F3N7O2/c1-32-10-15(8-30-32)34(20-11-36-21-7-14(24(25,26)27)3-4-16(20)21)23(35)13-2-5-17-18(6-13)33-12-29-9-19(33)22(28)31-17/h2-10,12,20H,11H2,1H3,(H2,28,31). The quantitative estimate of drug-likeness (QED) is 0.408. The third-order valence-corrected chi connectivity index (χ3v) is 6.22. The van der Waals surface area contributed by atoms with Gasteiger partial charge in [0, 0.05) is 24.4 Å². The maximum absolute atomic E-state index is 13.9. The number of fused-ring (bicyclic) bond motifs is 4. The zero-order valence-electron chi connectivity index (χ0n) is 18.8. The SMILES string of the molecule is Cn1cc(N(C(=O)c2ccc3nc(N)c4cncn4c3c2)C2COc3cc(C(F)(F)F)ccc32)cn1. The molecule has 1 aliphatic heterocycles. The Bertz CT molecular complexity index is 1660. The molecule has 1 amide bonds. The number of alkyl halides is 3. The van der Waals surface area contributed by atoms with E-state index >= 15 is 0 Å². The highest BCUT2D eigenvalue weighted by atomic mass is 19.4. The van der Waals surface area contributed by atoms with Crippen LogP contribution in [0, 0.1) is 0 Å². The number of anilines is 2. The van der Waals surface area contributed by atoms with Crippen LogP contribution in [0.1, 0.15) is 27.5 Å². The van der Waals surface area contributed by atoms with Gasteiger partial charge >= 0.3 is 6.18 Å². The van der Waals surface area contributed by atoms with Gasteiger partial charge in [-0.1, -0.05) is 6.07 Å². The highest BCUT2D eigenvalue weighted by molar-refractivity contribution is 6.08. The molecule has 1 unspecified atom stereocenters. The summed E-state index contributed by atoms with van der Waals surface area (Å²) in [6, 6.07) is 7.66. The predicted molar refractivity (Wildman–Crippen MR) is 125 cm³/mol. The van der Waals surface area contributed by atoms with Gasteiger partial charge in [-0.25, -0.2) is 9.97 Å². The molecule has 5 aromatic rings. The van der Waals surface area contributed by atoms with E-state index in [1.54, 1.807) is 53.1 Å². The van der Waals surface area contributed by atoms with Crippen molar-refractivity contribution in [3.63, 3.8) is 0 Å². The van der Waals surface area contributed by atoms with Gasteiger partial charge in [0.25, 0.3) is 5.91 Å². The first-order chi connectivity index (χ1) is 17.2. The number of benzene rings is 2. The minimum absolute atomic E-state index is 0.00524. The van der Waals surface area contributed by atoms with E-state index in [9.17, 15) is 18.0 Å². The van der Waals surface area contributed by atoms with Crippen molar-refractivity contribution in [3.8, 4) is 5.75 Å². The van der Waals surface area contributed by atoms with E-state index in [2.05, 4.69) is 15.1 Å². The Kier molecular flexibility index (Phi) is 4.68. The molecular weight excluding hydrogens is 475 g/mol. The fourth-order valence-electron chi connectivity index (χ4n) is 4.50. The molecule has 182 valence electrons. The number of nitrogens with zero attached hydrogens (tertiary/aromatic N) is 6. The van der Waals surface area contributed by atoms with Gasteiger partial charge in [0.05, 0.1) is 47.0 Å². The molecule has 12 heteroatoms. The second kappa shape index (κ2) is 7.70. The normalized spacial score (nSPS) is 15.3. The number of hydrogen-bond donors (Lipinski definition) is 1. The van der Waals surface area contributed by atoms with Crippen LogP contribution in [-0.4, -0.2) is 36.7 Å². The number of rotatable bonds is 3. The summed E-state index contributed by atoms with van der Waals surface area (Å²) >= 11 is 0. The monoisotopic (exact) mass is 493 g/mol. The van der Waals surface area contributed by atoms with Gasteiger partial charge in [-0.2, -0.15) is 18.3 Å². The predicted octanol–water partition coefficient (Wildman–Crippen LogP) is 4.00. The number of halogens is 3. The second-order valence-corrected chi connectivity index (χ2v) is 8.47. The molecule has 0 radical (unpaired) electrons. The molecule has 2 N–H and O–H groups in total. The van der Waals surface area contributed by atoms with Crippen molar-refractivity contribution in [2.24, 2.45) is 7.05 Å². The topological polar surface area (TPSA) is 104 Å². The van der Waals surface area contributed by atoms with Crippen LogP contribution in [0.25, 0.3) is 16.6 Å². The lowest BCUT2D eigenvalue weighted by Crippen LogP contribution is -2.35. The maximum atomic E-state index is 13.9. The molecule has 0 aliphatic carbocycles. The zero-order chi connectivity index (χ0) is 25.2. The average molecular weight is 493 g/mol. The lowest BCUT2D eigenvalue weighted by molar-refractivity contribution is -0.137. The number of ether oxygens (including phenoxy) is 1. The van der Waals surface area contributed by atoms with Gasteiger partial charge in [-0.15, -0.1) is 0 Å². The summed E-state index contributed by atoms with van der Waals surface area (Å²) in [4.78, 5) is 23.9. The summed E-state index contributed by atoms with van der Waals surface area (Å²) in [5.41, 5.74) is 8.32. The number of carbonyl (C=O) groups is 1. The van der Waals surface area contributed by atoms with Gasteiger partial charge < -0.3 is 10.5 Å². The van der Waals surface area contributed by atoms with Crippen LogP contribution in [0.4, 0.5) is 24.7 Å². The van der Waals surface area contributed by atoms with Gasteiger partial charge in [0.2, 0.25) is 0 Å². The summed E-state index contributed by atoms with van der Waals surface area (Å²) in [6.45, 7) is -0.00524. The second-order valence-electron chi connectivity index (χ2n) is 8.47. The minimum Gasteiger partial charge on any atom is -0.491 e. The number of aromatic nitrogens is 5. The lowest BCUT2D eigenvalue weighted by atomic mass is 10.0. The third kappa shape index (κ3) is 3.41. The van der Waals surface area contributed by atoms with Crippen molar-refractivity contribution in [1.29, 1.82) is 0 Å². The smallest absolute Gasteiger partial charge is 0.416 e. The molecule has 2 aromatic carbocycles. The number of carbonyl (C=O) groups excluding carboxylic acids is 1. The Morgan fingerprint density at radius 3 is 2.75 bits per heavy atom. The molecule has 0 saturated carbocycles. The number of nitrogens with two attached hydrogens (primary N) is 1. The zero-order valence-corrected chi connectivity index (χ0v) is 18.8. The Hall–Kier alpha value is -4.61. The van der Waals surface area contributed by atoms with Crippen molar-refractivity contribution in [2.45, 2.75) is 12.2 Å². The molecule has 1 aliphatic rings. The first-order valence-corrected chi connectivity index (χ1v) is 10.9. The van der Waals surface area contributed by atoms with Crippen molar-refractivity contribution < 1.29 is 22.7 Å². The molecule has 3 aromatic heterocycles. The fraction of sp³-hybridized carbons (Fsp3) is 0.167. The van der Waals surface area contributed by atoms with E-state index in [0.717, 1.165) is 12.1 Å². The molecule has 9 nitrogen and oxygen atoms in total. The largest absolute Gasteiger partial charge is 0.491 e. The molecule has 0 fully saturated rings. The molecule has 0 bridgehead atoms. The van der Waals surface area contributed by atoms with Crippen LogP contribution < -0.4 is 15.4 Å². The molecule has 6 rings (SSSR count). The number of imidazole rings is 1. The Morgan fingerprint density at radius 1 is 1.17 bits per heavy atom. The maximum Gasteiger partial charge on any atom is 0.416 e. The van der Waals surface area contributed by atoms with E-state index in [1.165, 1.54) is 17.2 Å². The van der Waals surface area contributed by atoms with Crippen LogP contribution in [-0.2, 0) is 13.2 Å². The fourth-order valence-corrected chi connectivity index (χ4v) is 4.50. The van der Waals surface area contributed by atoms with Crippen LogP contribution >= 0.6 is 0 Å². The van der Waals surface area contributed by atoms with Crippen LogP contribution in [0.2, 0.25) is 0 Å². The first kappa shape index (κ1) is 21.9. The van der Waals surface area contributed by atoms with Crippen LogP contribution in [0.3, 0.4) is 0 Å². The van der Waals surface area contributed by atoms with Crippen LogP contribution in [0.5, 0.6) is 5.75 Å². The molecular formula is C24H18F3N7O2.